The normalized spacial score (nSPS) is 13.9. The average Bonchev–Trinajstić information content (AvgIpc) is 2.15. The molecule has 0 amide bonds. The van der Waals surface area contributed by atoms with Crippen LogP contribution < -0.4 is 10.5 Å². The fourth-order valence-electron chi connectivity index (χ4n) is 1.50. The lowest BCUT2D eigenvalue weighted by Crippen LogP contribution is -2.23. The maximum absolute atomic E-state index is 6.07. The first-order valence-electron chi connectivity index (χ1n) is 5.84. The molecule has 1 atom stereocenters. The molecule has 0 aliphatic rings. The van der Waals surface area contributed by atoms with E-state index in [0.29, 0.717) is 5.92 Å². The molecule has 0 fully saturated rings. The summed E-state index contributed by atoms with van der Waals surface area (Å²) >= 11 is 0. The Kier molecular flexibility index (Phi) is 3.98. The number of hydrogen-bond acceptors (Lipinski definition) is 2. The third-order valence-electron chi connectivity index (χ3n) is 2.41. The Morgan fingerprint density at radius 2 is 1.56 bits per heavy atom. The lowest BCUT2D eigenvalue weighted by molar-refractivity contribution is 0.131. The van der Waals surface area contributed by atoms with Crippen LogP contribution >= 0.6 is 0 Å². The molecule has 2 heteroatoms. The summed E-state index contributed by atoms with van der Waals surface area (Å²) in [6.07, 6.45) is 0. The van der Waals surface area contributed by atoms with Crippen LogP contribution in [0.1, 0.15) is 46.2 Å². The molecule has 0 bridgehead atoms. The van der Waals surface area contributed by atoms with Crippen LogP contribution in [0.5, 0.6) is 5.75 Å². The van der Waals surface area contributed by atoms with Gasteiger partial charge in [-0.05, 0) is 44.4 Å². The van der Waals surface area contributed by atoms with Gasteiger partial charge in [0.15, 0.2) is 0 Å². The highest BCUT2D eigenvalue weighted by molar-refractivity contribution is 5.29. The highest BCUT2D eigenvalue weighted by Crippen LogP contribution is 2.23. The zero-order chi connectivity index (χ0) is 12.3. The van der Waals surface area contributed by atoms with Gasteiger partial charge in [-0.15, -0.1) is 0 Å². The summed E-state index contributed by atoms with van der Waals surface area (Å²) in [5, 5.41) is 0. The maximum Gasteiger partial charge on any atom is 0.120 e. The molecule has 0 saturated heterocycles. The molecule has 16 heavy (non-hydrogen) atoms. The topological polar surface area (TPSA) is 35.2 Å². The van der Waals surface area contributed by atoms with Crippen LogP contribution in [0.4, 0.5) is 0 Å². The van der Waals surface area contributed by atoms with Gasteiger partial charge in [0, 0.05) is 6.04 Å². The Labute approximate surface area is 98.8 Å². The van der Waals surface area contributed by atoms with Crippen LogP contribution in [0.3, 0.4) is 0 Å². The van der Waals surface area contributed by atoms with Crippen molar-refractivity contribution in [3.63, 3.8) is 0 Å². The van der Waals surface area contributed by atoms with Crippen molar-refractivity contribution in [1.82, 2.24) is 0 Å². The monoisotopic (exact) mass is 221 g/mol. The van der Waals surface area contributed by atoms with E-state index in [4.69, 9.17) is 10.5 Å². The molecule has 0 spiro atoms. The molecule has 1 aromatic rings. The molecule has 2 N–H and O–H groups in total. The van der Waals surface area contributed by atoms with Crippen molar-refractivity contribution >= 4 is 0 Å². The summed E-state index contributed by atoms with van der Waals surface area (Å²) in [4.78, 5) is 0. The zero-order valence-electron chi connectivity index (χ0n) is 10.9. The number of rotatable bonds is 3. The van der Waals surface area contributed by atoms with Gasteiger partial charge in [0.25, 0.3) is 0 Å². The van der Waals surface area contributed by atoms with Gasteiger partial charge >= 0.3 is 0 Å². The second-order valence-electron chi connectivity index (χ2n) is 5.55. The first-order valence-corrected chi connectivity index (χ1v) is 5.84. The lowest BCUT2D eigenvalue weighted by Gasteiger charge is -2.22. The van der Waals surface area contributed by atoms with Crippen molar-refractivity contribution in [3.05, 3.63) is 29.8 Å². The lowest BCUT2D eigenvalue weighted by atomic mass is 9.97. The molecule has 1 rings (SSSR count). The second kappa shape index (κ2) is 4.88. The summed E-state index contributed by atoms with van der Waals surface area (Å²) < 4.78 is 5.76. The Morgan fingerprint density at radius 3 is 1.94 bits per heavy atom. The van der Waals surface area contributed by atoms with Gasteiger partial charge in [-0.1, -0.05) is 26.0 Å². The summed E-state index contributed by atoms with van der Waals surface area (Å²) in [5.41, 5.74) is 7.09. The molecule has 0 aromatic heterocycles. The van der Waals surface area contributed by atoms with E-state index in [1.54, 1.807) is 0 Å². The van der Waals surface area contributed by atoms with E-state index in [0.717, 1.165) is 11.3 Å². The summed E-state index contributed by atoms with van der Waals surface area (Å²) in [7, 11) is 0. The molecule has 2 nitrogen and oxygen atoms in total. The minimum Gasteiger partial charge on any atom is -0.488 e. The van der Waals surface area contributed by atoms with Gasteiger partial charge in [-0.3, -0.25) is 0 Å². The highest BCUT2D eigenvalue weighted by Gasteiger charge is 2.13. The Bertz CT molecular complexity index is 322. The third-order valence-corrected chi connectivity index (χ3v) is 2.41. The molecule has 0 aliphatic carbocycles. The zero-order valence-corrected chi connectivity index (χ0v) is 10.9. The Balaban J connectivity index is 2.76. The van der Waals surface area contributed by atoms with E-state index in [2.05, 4.69) is 13.8 Å². The second-order valence-corrected chi connectivity index (χ2v) is 5.55. The molecular formula is C14H23NO. The van der Waals surface area contributed by atoms with Crippen LogP contribution in [-0.4, -0.2) is 5.60 Å². The largest absolute Gasteiger partial charge is 0.488 e. The predicted octanol–water partition coefficient (Wildman–Crippen LogP) is 3.52. The highest BCUT2D eigenvalue weighted by atomic mass is 16.5. The fraction of sp³-hybridized carbons (Fsp3) is 0.571. The Hall–Kier alpha value is -1.02. The van der Waals surface area contributed by atoms with E-state index in [9.17, 15) is 0 Å². The molecule has 1 unspecified atom stereocenters. The summed E-state index contributed by atoms with van der Waals surface area (Å²) in [5.74, 6) is 1.35. The minimum absolute atomic E-state index is 0.101. The van der Waals surface area contributed by atoms with Gasteiger partial charge in [0.05, 0.1) is 0 Å². The van der Waals surface area contributed by atoms with Crippen LogP contribution in [0.2, 0.25) is 0 Å². The van der Waals surface area contributed by atoms with E-state index >= 15 is 0 Å². The average molecular weight is 221 g/mol. The van der Waals surface area contributed by atoms with Gasteiger partial charge in [0.1, 0.15) is 11.4 Å². The number of ether oxygens (including phenoxy) is 1. The molecule has 90 valence electrons. The molecule has 0 aliphatic heterocycles. The number of nitrogens with two attached hydrogens (primary N) is 1. The molecule has 1 aromatic carbocycles. The predicted molar refractivity (Wildman–Crippen MR) is 68.6 cm³/mol. The van der Waals surface area contributed by atoms with Crippen molar-refractivity contribution < 1.29 is 4.74 Å². The third kappa shape index (κ3) is 3.86. The number of benzene rings is 1. The van der Waals surface area contributed by atoms with E-state index < -0.39 is 0 Å². The minimum atomic E-state index is -0.151. The SMILES string of the molecule is CC(C)C(N)c1ccc(OC(C)(C)C)cc1. The van der Waals surface area contributed by atoms with Crippen LogP contribution in [0.25, 0.3) is 0 Å². The van der Waals surface area contributed by atoms with Crippen molar-refractivity contribution in [2.45, 2.75) is 46.3 Å². The van der Waals surface area contributed by atoms with Crippen molar-refractivity contribution in [1.29, 1.82) is 0 Å². The first-order chi connectivity index (χ1) is 7.29. The Morgan fingerprint density at radius 1 is 1.06 bits per heavy atom. The van der Waals surface area contributed by atoms with Gasteiger partial charge < -0.3 is 10.5 Å². The fourth-order valence-corrected chi connectivity index (χ4v) is 1.50. The molecular weight excluding hydrogens is 198 g/mol. The van der Waals surface area contributed by atoms with Gasteiger partial charge in [0.2, 0.25) is 0 Å². The summed E-state index contributed by atoms with van der Waals surface area (Å²) in [6.45, 7) is 10.4. The van der Waals surface area contributed by atoms with Crippen LogP contribution in [0, 0.1) is 5.92 Å². The van der Waals surface area contributed by atoms with Crippen LogP contribution in [-0.2, 0) is 0 Å². The molecule has 0 heterocycles. The van der Waals surface area contributed by atoms with E-state index in [1.807, 2.05) is 45.0 Å². The molecule has 0 saturated carbocycles. The van der Waals surface area contributed by atoms with Crippen molar-refractivity contribution in [2.24, 2.45) is 11.7 Å². The summed E-state index contributed by atoms with van der Waals surface area (Å²) in [6, 6.07) is 8.17. The van der Waals surface area contributed by atoms with E-state index in [-0.39, 0.29) is 11.6 Å². The van der Waals surface area contributed by atoms with Crippen LogP contribution in [0.15, 0.2) is 24.3 Å². The molecule has 0 radical (unpaired) electrons. The maximum atomic E-state index is 6.07. The smallest absolute Gasteiger partial charge is 0.120 e. The van der Waals surface area contributed by atoms with Gasteiger partial charge in [-0.25, -0.2) is 0 Å². The standard InChI is InChI=1S/C14H23NO/c1-10(2)13(15)11-6-8-12(9-7-11)16-14(3,4)5/h6-10,13H,15H2,1-5H3. The van der Waals surface area contributed by atoms with Crippen molar-refractivity contribution in [2.75, 3.05) is 0 Å². The first kappa shape index (κ1) is 13.0. The quantitative estimate of drug-likeness (QED) is 0.847. The van der Waals surface area contributed by atoms with E-state index in [1.165, 1.54) is 0 Å². The number of hydrogen-bond donors (Lipinski definition) is 1. The van der Waals surface area contributed by atoms with Gasteiger partial charge in [-0.2, -0.15) is 0 Å². The van der Waals surface area contributed by atoms with Crippen molar-refractivity contribution in [3.8, 4) is 5.75 Å².